The molecule has 1 heterocycles. The Labute approximate surface area is 124 Å². The first kappa shape index (κ1) is 13.9. The van der Waals surface area contributed by atoms with E-state index in [0.29, 0.717) is 10.9 Å². The monoisotopic (exact) mass is 299 g/mol. The maximum Gasteiger partial charge on any atom is 0.270 e. The molecule has 0 fully saturated rings. The highest BCUT2D eigenvalue weighted by atomic mass is 19.1. The second kappa shape index (κ2) is 5.72. The molecular formula is C15H10FN3O3. The summed E-state index contributed by atoms with van der Waals surface area (Å²) in [6, 6.07) is 10.2. The van der Waals surface area contributed by atoms with Crippen molar-refractivity contribution < 1.29 is 14.1 Å². The molecule has 110 valence electrons. The Kier molecular flexibility index (Phi) is 3.61. The van der Waals surface area contributed by atoms with Gasteiger partial charge < -0.3 is 4.74 Å². The van der Waals surface area contributed by atoms with Gasteiger partial charge >= 0.3 is 0 Å². The predicted molar refractivity (Wildman–Crippen MR) is 76.9 cm³/mol. The molecule has 0 saturated carbocycles. The van der Waals surface area contributed by atoms with E-state index in [1.54, 1.807) is 18.2 Å². The number of benzene rings is 2. The highest BCUT2D eigenvalue weighted by Crippen LogP contribution is 2.26. The molecule has 6 nitrogen and oxygen atoms in total. The standard InChI is InChI=1S/C15H10FN3O3/c16-11-3-1-10(2-4-11)8-22-15-13-7-12(19(20)21)5-6-14(13)17-9-18-15/h1-7,9H,8H2. The fourth-order valence-electron chi connectivity index (χ4n) is 1.98. The van der Waals surface area contributed by atoms with Crippen LogP contribution in [0.15, 0.2) is 48.8 Å². The Morgan fingerprint density at radius 1 is 1.14 bits per heavy atom. The number of nitrogens with zero attached hydrogens (tertiary/aromatic N) is 3. The Bertz CT molecular complexity index is 837. The molecule has 7 heteroatoms. The summed E-state index contributed by atoms with van der Waals surface area (Å²) < 4.78 is 18.4. The largest absolute Gasteiger partial charge is 0.472 e. The van der Waals surface area contributed by atoms with E-state index in [1.165, 1.54) is 30.6 Å². The molecule has 0 aliphatic heterocycles. The summed E-state index contributed by atoms with van der Waals surface area (Å²) in [6.45, 7) is 0.176. The second-order valence-corrected chi connectivity index (χ2v) is 4.55. The van der Waals surface area contributed by atoms with E-state index in [4.69, 9.17) is 4.74 Å². The van der Waals surface area contributed by atoms with Crippen LogP contribution in [0.1, 0.15) is 5.56 Å². The maximum absolute atomic E-state index is 12.9. The third kappa shape index (κ3) is 2.83. The molecule has 0 saturated heterocycles. The molecule has 0 N–H and O–H groups in total. The molecule has 2 aromatic carbocycles. The molecule has 3 aromatic rings. The van der Waals surface area contributed by atoms with Gasteiger partial charge in [-0.05, 0) is 23.8 Å². The normalized spacial score (nSPS) is 10.6. The lowest BCUT2D eigenvalue weighted by Crippen LogP contribution is -1.99. The van der Waals surface area contributed by atoms with Crippen LogP contribution in [0, 0.1) is 15.9 Å². The van der Waals surface area contributed by atoms with Gasteiger partial charge in [-0.25, -0.2) is 14.4 Å². The minimum Gasteiger partial charge on any atom is -0.472 e. The van der Waals surface area contributed by atoms with Crippen LogP contribution in [0.25, 0.3) is 10.9 Å². The smallest absolute Gasteiger partial charge is 0.270 e. The lowest BCUT2D eigenvalue weighted by atomic mass is 10.2. The SMILES string of the molecule is O=[N+]([O-])c1ccc2ncnc(OCc3ccc(F)cc3)c2c1. The maximum atomic E-state index is 12.9. The zero-order valence-corrected chi connectivity index (χ0v) is 11.3. The minimum atomic E-state index is -0.490. The molecule has 0 atom stereocenters. The molecule has 0 spiro atoms. The number of rotatable bonds is 4. The number of nitro benzene ring substituents is 1. The van der Waals surface area contributed by atoms with Crippen LogP contribution in [0.2, 0.25) is 0 Å². The van der Waals surface area contributed by atoms with Crippen molar-refractivity contribution in [3.63, 3.8) is 0 Å². The van der Waals surface area contributed by atoms with E-state index < -0.39 is 4.92 Å². The van der Waals surface area contributed by atoms with E-state index >= 15 is 0 Å². The number of aromatic nitrogens is 2. The van der Waals surface area contributed by atoms with Crippen molar-refractivity contribution in [1.82, 2.24) is 9.97 Å². The fraction of sp³-hybridized carbons (Fsp3) is 0.0667. The molecule has 3 rings (SSSR count). The van der Waals surface area contributed by atoms with Crippen LogP contribution >= 0.6 is 0 Å². The van der Waals surface area contributed by atoms with Crippen molar-refractivity contribution in [2.24, 2.45) is 0 Å². The number of hydrogen-bond donors (Lipinski definition) is 0. The zero-order valence-electron chi connectivity index (χ0n) is 11.3. The van der Waals surface area contributed by atoms with Gasteiger partial charge in [0, 0.05) is 12.1 Å². The van der Waals surface area contributed by atoms with Gasteiger partial charge in [-0.2, -0.15) is 0 Å². The number of hydrogen-bond acceptors (Lipinski definition) is 5. The molecule has 1 aromatic heterocycles. The van der Waals surface area contributed by atoms with E-state index in [2.05, 4.69) is 9.97 Å². The van der Waals surface area contributed by atoms with E-state index in [9.17, 15) is 14.5 Å². The van der Waals surface area contributed by atoms with Gasteiger partial charge in [0.05, 0.1) is 15.8 Å². The van der Waals surface area contributed by atoms with Gasteiger partial charge in [-0.15, -0.1) is 0 Å². The topological polar surface area (TPSA) is 78.2 Å². The van der Waals surface area contributed by atoms with Gasteiger partial charge in [0.1, 0.15) is 18.8 Å². The Hall–Kier alpha value is -3.09. The van der Waals surface area contributed by atoms with E-state index in [1.807, 2.05) is 0 Å². The van der Waals surface area contributed by atoms with Gasteiger partial charge in [0.25, 0.3) is 5.69 Å². The van der Waals surface area contributed by atoms with Crippen LogP contribution in [-0.2, 0) is 6.61 Å². The number of halogens is 1. The second-order valence-electron chi connectivity index (χ2n) is 4.55. The molecule has 0 aliphatic rings. The number of ether oxygens (including phenoxy) is 1. The highest BCUT2D eigenvalue weighted by molar-refractivity contribution is 5.85. The van der Waals surface area contributed by atoms with Crippen LogP contribution in [0.4, 0.5) is 10.1 Å². The molecule has 0 aliphatic carbocycles. The number of nitro groups is 1. The molecule has 0 amide bonds. The van der Waals surface area contributed by atoms with Gasteiger partial charge in [0.2, 0.25) is 5.88 Å². The average Bonchev–Trinajstić information content (AvgIpc) is 2.53. The Balaban J connectivity index is 1.90. The first-order chi connectivity index (χ1) is 10.6. The molecule has 0 radical (unpaired) electrons. The van der Waals surface area contributed by atoms with Crippen LogP contribution < -0.4 is 4.74 Å². The van der Waals surface area contributed by atoms with Crippen LogP contribution in [0.3, 0.4) is 0 Å². The van der Waals surface area contributed by atoms with E-state index in [-0.39, 0.29) is 24.0 Å². The minimum absolute atomic E-state index is 0.0612. The van der Waals surface area contributed by atoms with Crippen LogP contribution in [-0.4, -0.2) is 14.9 Å². The van der Waals surface area contributed by atoms with Crippen molar-refractivity contribution in [1.29, 1.82) is 0 Å². The summed E-state index contributed by atoms with van der Waals surface area (Å²) in [4.78, 5) is 18.4. The molecule has 0 unspecified atom stereocenters. The molecule has 22 heavy (non-hydrogen) atoms. The number of non-ortho nitro benzene ring substituents is 1. The summed E-state index contributed by atoms with van der Waals surface area (Å²) in [7, 11) is 0. The summed E-state index contributed by atoms with van der Waals surface area (Å²) in [5.74, 6) is -0.0788. The first-order valence-electron chi connectivity index (χ1n) is 6.40. The third-order valence-corrected chi connectivity index (χ3v) is 3.08. The van der Waals surface area contributed by atoms with Gasteiger partial charge in [0.15, 0.2) is 0 Å². The summed E-state index contributed by atoms with van der Waals surface area (Å²) in [6.07, 6.45) is 1.33. The van der Waals surface area contributed by atoms with Gasteiger partial charge in [-0.3, -0.25) is 10.1 Å². The average molecular weight is 299 g/mol. The summed E-state index contributed by atoms with van der Waals surface area (Å²) >= 11 is 0. The van der Waals surface area contributed by atoms with Crippen molar-refractivity contribution in [3.8, 4) is 5.88 Å². The summed E-state index contributed by atoms with van der Waals surface area (Å²) in [5.41, 5.74) is 1.25. The quantitative estimate of drug-likeness (QED) is 0.546. The van der Waals surface area contributed by atoms with Crippen molar-refractivity contribution in [2.45, 2.75) is 6.61 Å². The zero-order chi connectivity index (χ0) is 15.5. The molecular weight excluding hydrogens is 289 g/mol. The number of fused-ring (bicyclic) bond motifs is 1. The van der Waals surface area contributed by atoms with Crippen molar-refractivity contribution in [3.05, 3.63) is 70.3 Å². The van der Waals surface area contributed by atoms with Crippen molar-refractivity contribution in [2.75, 3.05) is 0 Å². The fourth-order valence-corrected chi connectivity index (χ4v) is 1.98. The summed E-state index contributed by atoms with van der Waals surface area (Å²) in [5, 5.41) is 11.3. The lowest BCUT2D eigenvalue weighted by molar-refractivity contribution is -0.384. The van der Waals surface area contributed by atoms with Crippen molar-refractivity contribution >= 4 is 16.6 Å². The third-order valence-electron chi connectivity index (χ3n) is 3.08. The highest BCUT2D eigenvalue weighted by Gasteiger charge is 2.11. The lowest BCUT2D eigenvalue weighted by Gasteiger charge is -2.07. The predicted octanol–water partition coefficient (Wildman–Crippen LogP) is 3.26. The first-order valence-corrected chi connectivity index (χ1v) is 6.40. The van der Waals surface area contributed by atoms with Crippen LogP contribution in [0.5, 0.6) is 5.88 Å². The molecule has 0 bridgehead atoms. The Morgan fingerprint density at radius 3 is 2.64 bits per heavy atom. The van der Waals surface area contributed by atoms with E-state index in [0.717, 1.165) is 5.56 Å². The van der Waals surface area contributed by atoms with Gasteiger partial charge in [-0.1, -0.05) is 12.1 Å². The Morgan fingerprint density at radius 2 is 1.91 bits per heavy atom.